The highest BCUT2D eigenvalue weighted by Gasteiger charge is 2.01. The van der Waals surface area contributed by atoms with Crippen molar-refractivity contribution in [2.75, 3.05) is 20.2 Å². The molecule has 0 aromatic heterocycles. The topological polar surface area (TPSA) is 38.3 Å². The fourth-order valence-corrected chi connectivity index (χ4v) is 1.52. The van der Waals surface area contributed by atoms with Crippen molar-refractivity contribution in [1.29, 1.82) is 0 Å². The number of hydrogen-bond acceptors (Lipinski definition) is 3. The number of nitrogens with one attached hydrogen (secondary N) is 1. The zero-order valence-corrected chi connectivity index (χ0v) is 10.7. The summed E-state index contributed by atoms with van der Waals surface area (Å²) in [6, 6.07) is 7.97. The van der Waals surface area contributed by atoms with Crippen molar-refractivity contribution in [3.8, 4) is 5.75 Å². The number of hydrogen-bond donors (Lipinski definition) is 1. The first-order valence-electron chi connectivity index (χ1n) is 6.14. The molecule has 0 radical (unpaired) electrons. The first-order valence-corrected chi connectivity index (χ1v) is 6.14. The fraction of sp³-hybridized carbons (Fsp3) is 0.500. The van der Waals surface area contributed by atoms with Crippen LogP contribution in [-0.2, 0) is 11.2 Å². The molecule has 0 unspecified atom stereocenters. The molecule has 1 aromatic carbocycles. The van der Waals surface area contributed by atoms with Gasteiger partial charge in [0.15, 0.2) is 0 Å². The van der Waals surface area contributed by atoms with Gasteiger partial charge in [0.2, 0.25) is 0 Å². The van der Waals surface area contributed by atoms with E-state index in [1.807, 2.05) is 38.2 Å². The van der Waals surface area contributed by atoms with Crippen LogP contribution in [0.1, 0.15) is 25.3 Å². The molecule has 0 aliphatic carbocycles. The van der Waals surface area contributed by atoms with Gasteiger partial charge in [-0.15, -0.1) is 0 Å². The van der Waals surface area contributed by atoms with E-state index in [0.717, 1.165) is 24.3 Å². The van der Waals surface area contributed by atoms with Crippen LogP contribution in [0.2, 0.25) is 0 Å². The van der Waals surface area contributed by atoms with Gasteiger partial charge in [-0.2, -0.15) is 0 Å². The molecule has 1 N–H and O–H groups in total. The first kappa shape index (κ1) is 13.7. The number of carbonyl (C=O) groups is 1. The highest BCUT2D eigenvalue weighted by Crippen LogP contribution is 2.14. The largest absolute Gasteiger partial charge is 0.492 e. The molecule has 3 heteroatoms. The summed E-state index contributed by atoms with van der Waals surface area (Å²) in [5.74, 6) is 1.19. The number of ether oxygens (including phenoxy) is 1. The Bertz CT molecular complexity index is 350. The Kier molecular flexibility index (Phi) is 6.33. The van der Waals surface area contributed by atoms with E-state index in [-0.39, 0.29) is 0 Å². The molecule has 0 aliphatic heterocycles. The van der Waals surface area contributed by atoms with Crippen molar-refractivity contribution >= 4 is 5.78 Å². The third-order valence-corrected chi connectivity index (χ3v) is 2.61. The number of Topliss-reactive ketones (excluding diaryl/α,β-unsaturated/α-hetero) is 1. The summed E-state index contributed by atoms with van der Waals surface area (Å²) in [6.07, 6.45) is 2.05. The third-order valence-electron chi connectivity index (χ3n) is 2.61. The van der Waals surface area contributed by atoms with E-state index in [9.17, 15) is 4.79 Å². The van der Waals surface area contributed by atoms with E-state index in [4.69, 9.17) is 4.74 Å². The standard InChI is InChI=1S/C14H21NO2/c1-3-13(16)8-7-12-5-4-6-14(11-12)17-10-9-15-2/h4-6,11,15H,3,7-10H2,1-2H3. The molecule has 0 saturated heterocycles. The minimum absolute atomic E-state index is 0.312. The Labute approximate surface area is 103 Å². The molecule has 0 fully saturated rings. The number of benzene rings is 1. The maximum Gasteiger partial charge on any atom is 0.132 e. The van der Waals surface area contributed by atoms with Crippen molar-refractivity contribution in [1.82, 2.24) is 5.32 Å². The molecule has 94 valence electrons. The second-order valence-electron chi connectivity index (χ2n) is 3.99. The van der Waals surface area contributed by atoms with Crippen LogP contribution in [0.25, 0.3) is 0 Å². The summed E-state index contributed by atoms with van der Waals surface area (Å²) < 4.78 is 5.57. The Morgan fingerprint density at radius 2 is 2.24 bits per heavy atom. The van der Waals surface area contributed by atoms with Crippen LogP contribution in [0.5, 0.6) is 5.75 Å². The van der Waals surface area contributed by atoms with Gasteiger partial charge in [-0.05, 0) is 31.2 Å². The van der Waals surface area contributed by atoms with Crippen LogP contribution in [0.15, 0.2) is 24.3 Å². The summed E-state index contributed by atoms with van der Waals surface area (Å²) in [7, 11) is 1.90. The highest BCUT2D eigenvalue weighted by atomic mass is 16.5. The zero-order chi connectivity index (χ0) is 12.5. The molecule has 1 aromatic rings. The van der Waals surface area contributed by atoms with Crippen LogP contribution >= 0.6 is 0 Å². The molecule has 0 saturated carbocycles. The number of aryl methyl sites for hydroxylation is 1. The SMILES string of the molecule is CCC(=O)CCc1cccc(OCCNC)c1. The molecule has 3 nitrogen and oxygen atoms in total. The normalized spacial score (nSPS) is 10.2. The fourth-order valence-electron chi connectivity index (χ4n) is 1.52. The van der Waals surface area contributed by atoms with Gasteiger partial charge in [-0.3, -0.25) is 4.79 Å². The van der Waals surface area contributed by atoms with Crippen LogP contribution < -0.4 is 10.1 Å². The molecule has 1 rings (SSSR count). The summed E-state index contributed by atoms with van der Waals surface area (Å²) in [6.45, 7) is 3.39. The van der Waals surface area contributed by atoms with E-state index in [1.54, 1.807) is 0 Å². The Morgan fingerprint density at radius 1 is 1.41 bits per heavy atom. The minimum Gasteiger partial charge on any atom is -0.492 e. The Hall–Kier alpha value is -1.35. The highest BCUT2D eigenvalue weighted by molar-refractivity contribution is 5.78. The smallest absolute Gasteiger partial charge is 0.132 e. The number of rotatable bonds is 8. The van der Waals surface area contributed by atoms with E-state index >= 15 is 0 Å². The van der Waals surface area contributed by atoms with Gasteiger partial charge >= 0.3 is 0 Å². The molecule has 0 atom stereocenters. The molecule has 0 spiro atoms. The lowest BCUT2D eigenvalue weighted by atomic mass is 10.1. The van der Waals surface area contributed by atoms with Gasteiger partial charge in [0.25, 0.3) is 0 Å². The molecule has 0 amide bonds. The average Bonchev–Trinajstić information content (AvgIpc) is 2.37. The predicted molar refractivity (Wildman–Crippen MR) is 69.5 cm³/mol. The van der Waals surface area contributed by atoms with Crippen molar-refractivity contribution < 1.29 is 9.53 Å². The average molecular weight is 235 g/mol. The van der Waals surface area contributed by atoms with E-state index in [0.29, 0.717) is 25.2 Å². The van der Waals surface area contributed by atoms with E-state index in [1.165, 1.54) is 0 Å². The lowest BCUT2D eigenvalue weighted by molar-refractivity contribution is -0.118. The molecule has 17 heavy (non-hydrogen) atoms. The van der Waals surface area contributed by atoms with Crippen molar-refractivity contribution in [2.45, 2.75) is 26.2 Å². The van der Waals surface area contributed by atoms with Crippen molar-refractivity contribution in [2.24, 2.45) is 0 Å². The van der Waals surface area contributed by atoms with Gasteiger partial charge in [0.1, 0.15) is 18.1 Å². The van der Waals surface area contributed by atoms with Crippen LogP contribution in [0.3, 0.4) is 0 Å². The maximum atomic E-state index is 11.2. The molecule has 0 bridgehead atoms. The number of carbonyl (C=O) groups excluding carboxylic acids is 1. The number of ketones is 1. The Morgan fingerprint density at radius 3 is 2.94 bits per heavy atom. The van der Waals surface area contributed by atoms with E-state index in [2.05, 4.69) is 5.32 Å². The minimum atomic E-state index is 0.312. The molecular weight excluding hydrogens is 214 g/mol. The van der Waals surface area contributed by atoms with Crippen molar-refractivity contribution in [3.63, 3.8) is 0 Å². The maximum absolute atomic E-state index is 11.2. The van der Waals surface area contributed by atoms with Crippen LogP contribution in [0.4, 0.5) is 0 Å². The Balaban J connectivity index is 2.44. The molecular formula is C14H21NO2. The lowest BCUT2D eigenvalue weighted by Gasteiger charge is -2.07. The predicted octanol–water partition coefficient (Wildman–Crippen LogP) is 2.20. The van der Waals surface area contributed by atoms with Crippen molar-refractivity contribution in [3.05, 3.63) is 29.8 Å². The third kappa shape index (κ3) is 5.50. The lowest BCUT2D eigenvalue weighted by Crippen LogP contribution is -2.15. The molecule has 0 aliphatic rings. The number of likely N-dealkylation sites (N-methyl/N-ethyl adjacent to an activating group) is 1. The monoisotopic (exact) mass is 235 g/mol. The summed E-state index contributed by atoms with van der Waals surface area (Å²) in [5.41, 5.74) is 1.16. The van der Waals surface area contributed by atoms with Gasteiger partial charge in [0, 0.05) is 19.4 Å². The summed E-state index contributed by atoms with van der Waals surface area (Å²) >= 11 is 0. The van der Waals surface area contributed by atoms with Gasteiger partial charge in [0.05, 0.1) is 0 Å². The van der Waals surface area contributed by atoms with Crippen LogP contribution in [-0.4, -0.2) is 26.0 Å². The van der Waals surface area contributed by atoms with Gasteiger partial charge in [-0.1, -0.05) is 19.1 Å². The van der Waals surface area contributed by atoms with E-state index < -0.39 is 0 Å². The van der Waals surface area contributed by atoms with Crippen LogP contribution in [0, 0.1) is 0 Å². The van der Waals surface area contributed by atoms with Gasteiger partial charge in [-0.25, -0.2) is 0 Å². The first-order chi connectivity index (χ1) is 8.26. The zero-order valence-electron chi connectivity index (χ0n) is 10.7. The summed E-state index contributed by atoms with van der Waals surface area (Å²) in [4.78, 5) is 11.2. The quantitative estimate of drug-likeness (QED) is 0.702. The molecule has 0 heterocycles. The summed E-state index contributed by atoms with van der Waals surface area (Å²) in [5, 5.41) is 3.03. The van der Waals surface area contributed by atoms with Gasteiger partial charge < -0.3 is 10.1 Å². The second-order valence-corrected chi connectivity index (χ2v) is 3.99. The second kappa shape index (κ2) is 7.85.